The molecule has 1 heterocycles. The Bertz CT molecular complexity index is 438. The van der Waals surface area contributed by atoms with Gasteiger partial charge in [0.05, 0.1) is 0 Å². The smallest absolute Gasteiger partial charge is 0.224 e. The molecule has 0 bridgehead atoms. The lowest BCUT2D eigenvalue weighted by atomic mass is 9.94. The molecule has 130 valence electrons. The molecular formula is C17H29N3O3. The summed E-state index contributed by atoms with van der Waals surface area (Å²) < 4.78 is 0. The molecule has 0 aromatic rings. The van der Waals surface area contributed by atoms with Crippen molar-refractivity contribution in [1.29, 1.82) is 0 Å². The molecule has 1 saturated carbocycles. The second-order valence-corrected chi connectivity index (χ2v) is 6.64. The van der Waals surface area contributed by atoms with Crippen LogP contribution in [0.1, 0.15) is 52.4 Å². The molecule has 0 aromatic carbocycles. The van der Waals surface area contributed by atoms with Crippen LogP contribution in [0.15, 0.2) is 0 Å². The maximum atomic E-state index is 12.4. The highest BCUT2D eigenvalue weighted by Gasteiger charge is 2.26. The van der Waals surface area contributed by atoms with Gasteiger partial charge in [-0.15, -0.1) is 0 Å². The van der Waals surface area contributed by atoms with Crippen LogP contribution in [0.25, 0.3) is 0 Å². The number of hydrogen-bond acceptors (Lipinski definition) is 3. The van der Waals surface area contributed by atoms with E-state index in [2.05, 4.69) is 0 Å². The molecule has 2 aliphatic rings. The molecule has 1 saturated heterocycles. The molecule has 2 fully saturated rings. The lowest BCUT2D eigenvalue weighted by Gasteiger charge is -2.36. The van der Waals surface area contributed by atoms with Crippen LogP contribution in [0, 0.1) is 0 Å². The van der Waals surface area contributed by atoms with Gasteiger partial charge in [0.2, 0.25) is 17.7 Å². The van der Waals surface area contributed by atoms with Gasteiger partial charge in [-0.25, -0.2) is 0 Å². The van der Waals surface area contributed by atoms with Crippen LogP contribution in [-0.4, -0.2) is 71.2 Å². The fraction of sp³-hybridized carbons (Fsp3) is 0.824. The molecular weight excluding hydrogens is 294 g/mol. The average molecular weight is 323 g/mol. The van der Waals surface area contributed by atoms with Gasteiger partial charge in [-0.3, -0.25) is 14.4 Å². The highest BCUT2D eigenvalue weighted by atomic mass is 16.2. The summed E-state index contributed by atoms with van der Waals surface area (Å²) in [7, 11) is 0. The van der Waals surface area contributed by atoms with E-state index in [9.17, 15) is 14.4 Å². The van der Waals surface area contributed by atoms with Crippen molar-refractivity contribution in [2.24, 2.45) is 0 Å². The van der Waals surface area contributed by atoms with Gasteiger partial charge in [-0.1, -0.05) is 19.3 Å². The van der Waals surface area contributed by atoms with Gasteiger partial charge in [-0.05, 0) is 12.8 Å². The predicted molar refractivity (Wildman–Crippen MR) is 87.7 cm³/mol. The third kappa shape index (κ3) is 4.94. The fourth-order valence-electron chi connectivity index (χ4n) is 3.63. The van der Waals surface area contributed by atoms with Gasteiger partial charge in [-0.2, -0.15) is 0 Å². The molecule has 1 aliphatic heterocycles. The van der Waals surface area contributed by atoms with Crippen molar-refractivity contribution in [1.82, 2.24) is 14.7 Å². The minimum Gasteiger partial charge on any atom is -0.339 e. The standard InChI is InChI=1S/C17H29N3O3/c1-14(21)18-10-12-19(13-11-18)17(23)8-9-20(15(2)22)16-6-4-3-5-7-16/h16H,3-13H2,1-2H3. The van der Waals surface area contributed by atoms with Gasteiger partial charge >= 0.3 is 0 Å². The van der Waals surface area contributed by atoms with E-state index in [-0.39, 0.29) is 17.7 Å². The highest BCUT2D eigenvalue weighted by molar-refractivity contribution is 5.79. The van der Waals surface area contributed by atoms with E-state index in [1.807, 2.05) is 9.80 Å². The van der Waals surface area contributed by atoms with Gasteiger partial charge in [0.25, 0.3) is 0 Å². The third-order valence-electron chi connectivity index (χ3n) is 5.06. The molecule has 0 atom stereocenters. The highest BCUT2D eigenvalue weighted by Crippen LogP contribution is 2.23. The van der Waals surface area contributed by atoms with Crippen molar-refractivity contribution < 1.29 is 14.4 Å². The molecule has 0 spiro atoms. The second-order valence-electron chi connectivity index (χ2n) is 6.64. The summed E-state index contributed by atoms with van der Waals surface area (Å²) in [5.41, 5.74) is 0. The lowest BCUT2D eigenvalue weighted by Crippen LogP contribution is -2.51. The van der Waals surface area contributed by atoms with E-state index < -0.39 is 0 Å². The molecule has 0 aromatic heterocycles. The average Bonchev–Trinajstić information content (AvgIpc) is 2.55. The van der Waals surface area contributed by atoms with Crippen LogP contribution in [0.2, 0.25) is 0 Å². The van der Waals surface area contributed by atoms with E-state index in [1.165, 1.54) is 19.3 Å². The van der Waals surface area contributed by atoms with Crippen LogP contribution in [0.4, 0.5) is 0 Å². The Labute approximate surface area is 138 Å². The molecule has 2 rings (SSSR count). The third-order valence-corrected chi connectivity index (χ3v) is 5.06. The molecule has 0 N–H and O–H groups in total. The molecule has 3 amide bonds. The van der Waals surface area contributed by atoms with Gasteiger partial charge in [0.1, 0.15) is 0 Å². The molecule has 0 unspecified atom stereocenters. The van der Waals surface area contributed by atoms with Crippen molar-refractivity contribution in [3.05, 3.63) is 0 Å². The monoisotopic (exact) mass is 323 g/mol. The van der Waals surface area contributed by atoms with E-state index in [1.54, 1.807) is 18.7 Å². The van der Waals surface area contributed by atoms with Crippen molar-refractivity contribution in [2.75, 3.05) is 32.7 Å². The second kappa shape index (κ2) is 8.31. The van der Waals surface area contributed by atoms with E-state index in [4.69, 9.17) is 0 Å². The Hall–Kier alpha value is -1.59. The Morgan fingerprint density at radius 3 is 2.00 bits per heavy atom. The molecule has 1 aliphatic carbocycles. The van der Waals surface area contributed by atoms with Crippen LogP contribution in [-0.2, 0) is 14.4 Å². The van der Waals surface area contributed by atoms with Crippen molar-refractivity contribution in [2.45, 2.75) is 58.4 Å². The summed E-state index contributed by atoms with van der Waals surface area (Å²) in [4.78, 5) is 41.1. The summed E-state index contributed by atoms with van der Waals surface area (Å²) >= 11 is 0. The van der Waals surface area contributed by atoms with E-state index in [0.29, 0.717) is 45.2 Å². The minimum absolute atomic E-state index is 0.0668. The van der Waals surface area contributed by atoms with Crippen molar-refractivity contribution in [3.63, 3.8) is 0 Å². The number of rotatable bonds is 4. The summed E-state index contributed by atoms with van der Waals surface area (Å²) in [5.74, 6) is 0.235. The number of carbonyl (C=O) groups is 3. The number of amides is 3. The van der Waals surface area contributed by atoms with Crippen LogP contribution >= 0.6 is 0 Å². The Morgan fingerprint density at radius 2 is 1.48 bits per heavy atom. The first kappa shape index (κ1) is 17.8. The molecule has 6 nitrogen and oxygen atoms in total. The molecule has 0 radical (unpaired) electrons. The predicted octanol–water partition coefficient (Wildman–Crippen LogP) is 1.25. The maximum Gasteiger partial charge on any atom is 0.224 e. The minimum atomic E-state index is 0.0668. The van der Waals surface area contributed by atoms with Gasteiger partial charge in [0, 0.05) is 59.0 Å². The first-order chi connectivity index (χ1) is 11.0. The number of hydrogen-bond donors (Lipinski definition) is 0. The lowest BCUT2D eigenvalue weighted by molar-refractivity contribution is -0.140. The van der Waals surface area contributed by atoms with Crippen LogP contribution in [0.3, 0.4) is 0 Å². The van der Waals surface area contributed by atoms with Gasteiger partial charge < -0.3 is 14.7 Å². The quantitative estimate of drug-likeness (QED) is 0.782. The zero-order chi connectivity index (χ0) is 16.8. The Morgan fingerprint density at radius 1 is 0.913 bits per heavy atom. The summed E-state index contributed by atoms with van der Waals surface area (Å²) in [6, 6.07) is 0.309. The van der Waals surface area contributed by atoms with Crippen LogP contribution in [0.5, 0.6) is 0 Å². The fourth-order valence-corrected chi connectivity index (χ4v) is 3.63. The summed E-state index contributed by atoms with van der Waals surface area (Å²) in [5, 5.41) is 0. The molecule has 23 heavy (non-hydrogen) atoms. The zero-order valence-corrected chi connectivity index (χ0v) is 14.4. The Balaban J connectivity index is 1.80. The largest absolute Gasteiger partial charge is 0.339 e. The van der Waals surface area contributed by atoms with E-state index >= 15 is 0 Å². The molecule has 6 heteroatoms. The first-order valence-electron chi connectivity index (χ1n) is 8.79. The Kier molecular flexibility index (Phi) is 6.42. The van der Waals surface area contributed by atoms with Gasteiger partial charge in [0.15, 0.2) is 0 Å². The topological polar surface area (TPSA) is 60.9 Å². The van der Waals surface area contributed by atoms with E-state index in [0.717, 1.165) is 12.8 Å². The summed E-state index contributed by atoms with van der Waals surface area (Å²) in [6.45, 7) is 6.10. The normalized spacial score (nSPS) is 19.6. The number of nitrogens with zero attached hydrogens (tertiary/aromatic N) is 3. The van der Waals surface area contributed by atoms with Crippen LogP contribution < -0.4 is 0 Å². The SMILES string of the molecule is CC(=O)N1CCN(C(=O)CCN(C(C)=O)C2CCCCC2)CC1. The number of carbonyl (C=O) groups excluding carboxylic acids is 3. The number of piperazine rings is 1. The van der Waals surface area contributed by atoms with Crippen molar-refractivity contribution in [3.8, 4) is 0 Å². The summed E-state index contributed by atoms with van der Waals surface area (Å²) in [6.07, 6.45) is 6.11. The maximum absolute atomic E-state index is 12.4. The zero-order valence-electron chi connectivity index (χ0n) is 14.4. The van der Waals surface area contributed by atoms with Crippen molar-refractivity contribution >= 4 is 17.7 Å². The first-order valence-corrected chi connectivity index (χ1v) is 8.79.